The van der Waals surface area contributed by atoms with Crippen molar-refractivity contribution in [1.29, 1.82) is 0 Å². The van der Waals surface area contributed by atoms with Crippen LogP contribution in [0.5, 0.6) is 0 Å². The maximum absolute atomic E-state index is 12.3. The molecule has 0 bridgehead atoms. The zero-order valence-corrected chi connectivity index (χ0v) is 14.3. The SMILES string of the molecule is O=C(NCc1cccc(Cl)c1)c1ccc(N2CCCC2)c([N+](=O)[O-])c1. The van der Waals surface area contributed by atoms with E-state index in [1.54, 1.807) is 30.3 Å². The zero-order chi connectivity index (χ0) is 17.8. The molecule has 1 amide bonds. The van der Waals surface area contributed by atoms with Gasteiger partial charge in [0, 0.05) is 36.3 Å². The quantitative estimate of drug-likeness (QED) is 0.651. The van der Waals surface area contributed by atoms with Crippen LogP contribution in [-0.4, -0.2) is 23.9 Å². The molecule has 25 heavy (non-hydrogen) atoms. The lowest BCUT2D eigenvalue weighted by Crippen LogP contribution is -2.23. The molecule has 2 aromatic carbocycles. The Morgan fingerprint density at radius 3 is 2.64 bits per heavy atom. The van der Waals surface area contributed by atoms with Gasteiger partial charge < -0.3 is 10.2 Å². The number of amides is 1. The highest BCUT2D eigenvalue weighted by Gasteiger charge is 2.23. The van der Waals surface area contributed by atoms with Crippen molar-refractivity contribution < 1.29 is 9.72 Å². The van der Waals surface area contributed by atoms with Crippen LogP contribution in [0, 0.1) is 10.1 Å². The lowest BCUT2D eigenvalue weighted by atomic mass is 10.1. The predicted octanol–water partition coefficient (Wildman–Crippen LogP) is 3.78. The van der Waals surface area contributed by atoms with Crippen LogP contribution < -0.4 is 10.2 Å². The third-order valence-electron chi connectivity index (χ3n) is 4.22. The standard InChI is InChI=1S/C18H18ClN3O3/c19-15-5-3-4-13(10-15)12-20-18(23)14-6-7-16(17(11-14)22(24)25)21-8-1-2-9-21/h3-7,10-11H,1-2,8-9,12H2,(H,20,23). The Kier molecular flexibility index (Phi) is 5.19. The van der Waals surface area contributed by atoms with Crippen molar-refractivity contribution in [3.05, 3.63) is 68.7 Å². The summed E-state index contributed by atoms with van der Waals surface area (Å²) in [6.45, 7) is 1.92. The van der Waals surface area contributed by atoms with Gasteiger partial charge in [-0.1, -0.05) is 23.7 Å². The van der Waals surface area contributed by atoms with Crippen LogP contribution >= 0.6 is 11.6 Å². The summed E-state index contributed by atoms with van der Waals surface area (Å²) in [4.78, 5) is 25.3. The van der Waals surface area contributed by atoms with Crippen molar-refractivity contribution >= 4 is 28.9 Å². The molecule has 130 valence electrons. The van der Waals surface area contributed by atoms with E-state index < -0.39 is 4.92 Å². The lowest BCUT2D eigenvalue weighted by molar-refractivity contribution is -0.384. The summed E-state index contributed by atoms with van der Waals surface area (Å²) >= 11 is 5.92. The first-order valence-corrected chi connectivity index (χ1v) is 8.48. The number of nitrogens with one attached hydrogen (secondary N) is 1. The second-order valence-electron chi connectivity index (χ2n) is 5.97. The molecule has 1 aliphatic rings. The van der Waals surface area contributed by atoms with E-state index in [1.165, 1.54) is 6.07 Å². The summed E-state index contributed by atoms with van der Waals surface area (Å²) < 4.78 is 0. The number of nitrogens with zero attached hydrogens (tertiary/aromatic N) is 2. The van der Waals surface area contributed by atoms with Crippen LogP contribution in [0.4, 0.5) is 11.4 Å². The number of carbonyl (C=O) groups excluding carboxylic acids is 1. The van der Waals surface area contributed by atoms with Crippen molar-refractivity contribution in [3.63, 3.8) is 0 Å². The molecule has 1 fully saturated rings. The number of benzene rings is 2. The minimum absolute atomic E-state index is 0.0303. The Morgan fingerprint density at radius 1 is 1.20 bits per heavy atom. The predicted molar refractivity (Wildman–Crippen MR) is 97.2 cm³/mol. The average molecular weight is 360 g/mol. The van der Waals surface area contributed by atoms with Gasteiger partial charge in [-0.25, -0.2) is 0 Å². The van der Waals surface area contributed by atoms with Gasteiger partial charge in [0.2, 0.25) is 0 Å². The van der Waals surface area contributed by atoms with Crippen LogP contribution in [0.15, 0.2) is 42.5 Å². The van der Waals surface area contributed by atoms with Gasteiger partial charge in [-0.15, -0.1) is 0 Å². The van der Waals surface area contributed by atoms with E-state index in [0.29, 0.717) is 17.3 Å². The summed E-state index contributed by atoms with van der Waals surface area (Å²) in [5, 5.41) is 14.8. The topological polar surface area (TPSA) is 75.5 Å². The number of anilines is 1. The van der Waals surface area contributed by atoms with Gasteiger partial charge in [0.1, 0.15) is 5.69 Å². The molecule has 3 rings (SSSR count). The minimum atomic E-state index is -0.429. The first kappa shape index (κ1) is 17.2. The van der Waals surface area contributed by atoms with Crippen LogP contribution in [0.3, 0.4) is 0 Å². The molecule has 1 heterocycles. The van der Waals surface area contributed by atoms with E-state index in [2.05, 4.69) is 5.32 Å². The van der Waals surface area contributed by atoms with E-state index in [-0.39, 0.29) is 17.2 Å². The summed E-state index contributed by atoms with van der Waals surface area (Å²) in [7, 11) is 0. The van der Waals surface area contributed by atoms with Gasteiger partial charge >= 0.3 is 0 Å². The van der Waals surface area contributed by atoms with Crippen molar-refractivity contribution in [3.8, 4) is 0 Å². The number of hydrogen-bond acceptors (Lipinski definition) is 4. The molecule has 7 heteroatoms. The molecule has 6 nitrogen and oxygen atoms in total. The van der Waals surface area contributed by atoms with Crippen LogP contribution in [0.1, 0.15) is 28.8 Å². The Morgan fingerprint density at radius 2 is 1.96 bits per heavy atom. The summed E-state index contributed by atoms with van der Waals surface area (Å²) in [5.74, 6) is -0.351. The molecule has 1 saturated heterocycles. The molecule has 2 aromatic rings. The van der Waals surface area contributed by atoms with E-state index >= 15 is 0 Å². The maximum Gasteiger partial charge on any atom is 0.293 e. The molecule has 0 saturated carbocycles. The molecule has 0 spiro atoms. The second-order valence-corrected chi connectivity index (χ2v) is 6.40. The third-order valence-corrected chi connectivity index (χ3v) is 4.46. The van der Waals surface area contributed by atoms with Gasteiger partial charge in [-0.2, -0.15) is 0 Å². The van der Waals surface area contributed by atoms with Crippen molar-refractivity contribution in [2.75, 3.05) is 18.0 Å². The molecule has 0 radical (unpaired) electrons. The first-order chi connectivity index (χ1) is 12.0. The van der Waals surface area contributed by atoms with Gasteiger partial charge in [-0.3, -0.25) is 14.9 Å². The van der Waals surface area contributed by atoms with Crippen molar-refractivity contribution in [1.82, 2.24) is 5.32 Å². The normalized spacial score (nSPS) is 13.7. The van der Waals surface area contributed by atoms with Gasteiger partial charge in [0.25, 0.3) is 11.6 Å². The monoisotopic (exact) mass is 359 g/mol. The number of halogens is 1. The van der Waals surface area contributed by atoms with E-state index in [1.807, 2.05) is 11.0 Å². The Balaban J connectivity index is 1.76. The zero-order valence-electron chi connectivity index (χ0n) is 13.6. The third kappa shape index (κ3) is 4.09. The Labute approximate surface area is 150 Å². The molecule has 0 aliphatic carbocycles. The smallest absolute Gasteiger partial charge is 0.293 e. The number of rotatable bonds is 5. The van der Waals surface area contributed by atoms with Crippen molar-refractivity contribution in [2.24, 2.45) is 0 Å². The van der Waals surface area contributed by atoms with E-state index in [0.717, 1.165) is 31.5 Å². The molecule has 0 atom stereocenters. The second kappa shape index (κ2) is 7.53. The minimum Gasteiger partial charge on any atom is -0.366 e. The summed E-state index contributed by atoms with van der Waals surface area (Å²) in [5.41, 5.74) is 1.69. The summed E-state index contributed by atoms with van der Waals surface area (Å²) in [6.07, 6.45) is 2.05. The Bertz CT molecular complexity index is 804. The number of carbonyl (C=O) groups is 1. The van der Waals surface area contributed by atoms with Gasteiger partial charge in [-0.05, 0) is 42.7 Å². The van der Waals surface area contributed by atoms with Gasteiger partial charge in [0.05, 0.1) is 4.92 Å². The maximum atomic E-state index is 12.3. The Hall–Kier alpha value is -2.60. The largest absolute Gasteiger partial charge is 0.366 e. The molecule has 1 N–H and O–H groups in total. The molecular formula is C18H18ClN3O3. The number of nitro benzene ring substituents is 1. The summed E-state index contributed by atoms with van der Waals surface area (Å²) in [6, 6.07) is 11.8. The lowest BCUT2D eigenvalue weighted by Gasteiger charge is -2.17. The van der Waals surface area contributed by atoms with Crippen LogP contribution in [0.25, 0.3) is 0 Å². The number of hydrogen-bond donors (Lipinski definition) is 1. The highest BCUT2D eigenvalue weighted by molar-refractivity contribution is 6.30. The highest BCUT2D eigenvalue weighted by Crippen LogP contribution is 2.31. The fourth-order valence-corrected chi connectivity index (χ4v) is 3.18. The molecule has 1 aliphatic heterocycles. The van der Waals surface area contributed by atoms with Crippen LogP contribution in [0.2, 0.25) is 5.02 Å². The average Bonchev–Trinajstić information content (AvgIpc) is 3.13. The highest BCUT2D eigenvalue weighted by atomic mass is 35.5. The van der Waals surface area contributed by atoms with Crippen LogP contribution in [-0.2, 0) is 6.54 Å². The van der Waals surface area contributed by atoms with E-state index in [9.17, 15) is 14.9 Å². The van der Waals surface area contributed by atoms with E-state index in [4.69, 9.17) is 11.6 Å². The van der Waals surface area contributed by atoms with Gasteiger partial charge in [0.15, 0.2) is 0 Å². The fraction of sp³-hybridized carbons (Fsp3) is 0.278. The molecule has 0 aromatic heterocycles. The first-order valence-electron chi connectivity index (χ1n) is 8.10. The molecule has 0 unspecified atom stereocenters. The number of nitro groups is 1. The fourth-order valence-electron chi connectivity index (χ4n) is 2.97. The molecular weight excluding hydrogens is 342 g/mol. The van der Waals surface area contributed by atoms with Crippen molar-refractivity contribution in [2.45, 2.75) is 19.4 Å².